The standard InChI is InChI=1S/C15H18OP.HI/c1-16-12-5-6-13-11(10-12)4-7-15-14(13)8-9-17(15,2)3;/h5-6,8-10H,4,7H2,1-3H3;1H/q+1;/p-1. The average molecular weight is 372 g/mol. The van der Waals surface area contributed by atoms with Crippen molar-refractivity contribution in [3.8, 4) is 5.75 Å². The molecular weight excluding hydrogens is 354 g/mol. The fraction of sp³-hybridized carbons (Fsp3) is 0.333. The van der Waals surface area contributed by atoms with Gasteiger partial charge in [0.15, 0.2) is 0 Å². The van der Waals surface area contributed by atoms with Gasteiger partial charge in [-0.2, -0.15) is 0 Å². The van der Waals surface area contributed by atoms with E-state index in [-0.39, 0.29) is 24.0 Å². The third kappa shape index (κ3) is 2.14. The number of benzene rings is 1. The molecule has 0 saturated heterocycles. The Hall–Kier alpha value is -0.340. The van der Waals surface area contributed by atoms with Gasteiger partial charge in [0.1, 0.15) is 5.75 Å². The third-order valence-electron chi connectivity index (χ3n) is 3.85. The van der Waals surface area contributed by atoms with Crippen LogP contribution in [0.5, 0.6) is 5.75 Å². The van der Waals surface area contributed by atoms with Crippen LogP contribution >= 0.6 is 7.26 Å². The molecule has 1 aliphatic carbocycles. The normalized spacial score (nSPS) is 19.1. The molecule has 2 aliphatic rings. The van der Waals surface area contributed by atoms with Crippen molar-refractivity contribution in [3.63, 3.8) is 0 Å². The summed E-state index contributed by atoms with van der Waals surface area (Å²) in [5.74, 6) is 3.42. The summed E-state index contributed by atoms with van der Waals surface area (Å²) in [4.78, 5) is 0. The van der Waals surface area contributed by atoms with Gasteiger partial charge in [-0.25, -0.2) is 0 Å². The molecular formula is C15H18IOP. The topological polar surface area (TPSA) is 9.23 Å². The van der Waals surface area contributed by atoms with E-state index < -0.39 is 7.26 Å². The van der Waals surface area contributed by atoms with Crippen molar-refractivity contribution in [2.75, 3.05) is 20.4 Å². The van der Waals surface area contributed by atoms with E-state index in [1.165, 1.54) is 23.1 Å². The number of rotatable bonds is 1. The minimum absolute atomic E-state index is 0. The van der Waals surface area contributed by atoms with Gasteiger partial charge in [-0.3, -0.25) is 0 Å². The Morgan fingerprint density at radius 2 is 1.94 bits per heavy atom. The van der Waals surface area contributed by atoms with Crippen molar-refractivity contribution < 1.29 is 28.7 Å². The number of fused-ring (bicyclic) bond motifs is 2. The second-order valence-corrected chi connectivity index (χ2v) is 9.16. The van der Waals surface area contributed by atoms with Crippen molar-refractivity contribution in [1.82, 2.24) is 0 Å². The Morgan fingerprint density at radius 1 is 1.17 bits per heavy atom. The zero-order valence-electron chi connectivity index (χ0n) is 11.0. The molecule has 3 heteroatoms. The van der Waals surface area contributed by atoms with Crippen LogP contribution in [0.1, 0.15) is 17.5 Å². The van der Waals surface area contributed by atoms with Crippen LogP contribution in [0.3, 0.4) is 0 Å². The number of hydrogen-bond donors (Lipinski definition) is 0. The van der Waals surface area contributed by atoms with E-state index in [9.17, 15) is 0 Å². The van der Waals surface area contributed by atoms with Crippen molar-refractivity contribution in [1.29, 1.82) is 0 Å². The summed E-state index contributed by atoms with van der Waals surface area (Å²) in [7, 11) is 0.804. The molecule has 0 amide bonds. The molecule has 0 saturated carbocycles. The van der Waals surface area contributed by atoms with E-state index in [2.05, 4.69) is 43.4 Å². The van der Waals surface area contributed by atoms with Crippen LogP contribution < -0.4 is 28.7 Å². The van der Waals surface area contributed by atoms with Crippen LogP contribution in [0.2, 0.25) is 0 Å². The predicted molar refractivity (Wildman–Crippen MR) is 76.1 cm³/mol. The summed E-state index contributed by atoms with van der Waals surface area (Å²) < 4.78 is 5.31. The van der Waals surface area contributed by atoms with E-state index in [0.717, 1.165) is 12.2 Å². The van der Waals surface area contributed by atoms with Crippen LogP contribution in [0, 0.1) is 0 Å². The summed E-state index contributed by atoms with van der Waals surface area (Å²) in [6.45, 7) is 4.83. The highest BCUT2D eigenvalue weighted by Crippen LogP contribution is 2.68. The van der Waals surface area contributed by atoms with E-state index in [1.54, 1.807) is 12.4 Å². The first-order valence-electron chi connectivity index (χ1n) is 6.06. The van der Waals surface area contributed by atoms with Gasteiger partial charge in [0, 0.05) is 12.0 Å². The highest BCUT2D eigenvalue weighted by molar-refractivity contribution is 7.81. The van der Waals surface area contributed by atoms with Gasteiger partial charge in [-0.05, 0) is 35.8 Å². The number of allylic oxidation sites excluding steroid dienone is 3. The lowest BCUT2D eigenvalue weighted by Crippen LogP contribution is -3.00. The van der Waals surface area contributed by atoms with Crippen molar-refractivity contribution >= 4 is 12.8 Å². The molecule has 3 rings (SSSR count). The largest absolute Gasteiger partial charge is 1.00 e. The maximum absolute atomic E-state index is 5.31. The Morgan fingerprint density at radius 3 is 2.67 bits per heavy atom. The molecule has 18 heavy (non-hydrogen) atoms. The molecule has 0 aromatic heterocycles. The first-order chi connectivity index (χ1) is 8.12. The first-order valence-corrected chi connectivity index (χ1v) is 8.81. The Kier molecular flexibility index (Phi) is 3.89. The smallest absolute Gasteiger partial charge is 0.119 e. The van der Waals surface area contributed by atoms with Gasteiger partial charge in [-0.15, -0.1) is 0 Å². The Labute approximate surface area is 127 Å². The summed E-state index contributed by atoms with van der Waals surface area (Å²) in [6, 6.07) is 6.49. The quantitative estimate of drug-likeness (QED) is 0.531. The second-order valence-electron chi connectivity index (χ2n) is 5.24. The fourth-order valence-corrected chi connectivity index (χ4v) is 5.05. The number of halogens is 1. The highest BCUT2D eigenvalue weighted by Gasteiger charge is 2.38. The maximum Gasteiger partial charge on any atom is 0.119 e. The summed E-state index contributed by atoms with van der Waals surface area (Å²) in [5, 5.41) is 1.70. The fourth-order valence-electron chi connectivity index (χ4n) is 2.85. The van der Waals surface area contributed by atoms with Crippen LogP contribution in [-0.4, -0.2) is 20.4 Å². The van der Waals surface area contributed by atoms with Crippen LogP contribution in [0.4, 0.5) is 0 Å². The second kappa shape index (κ2) is 4.97. The molecule has 0 spiro atoms. The first kappa shape index (κ1) is 14.1. The lowest BCUT2D eigenvalue weighted by molar-refractivity contribution is -0.00000385. The molecule has 1 heterocycles. The average Bonchev–Trinajstić information content (AvgIpc) is 2.65. The van der Waals surface area contributed by atoms with Crippen LogP contribution in [-0.2, 0) is 6.42 Å². The number of aryl methyl sites for hydroxylation is 1. The van der Waals surface area contributed by atoms with Gasteiger partial charge in [0.05, 0.1) is 38.8 Å². The van der Waals surface area contributed by atoms with Crippen LogP contribution in [0.15, 0.2) is 35.4 Å². The van der Waals surface area contributed by atoms with E-state index in [4.69, 9.17) is 4.74 Å². The van der Waals surface area contributed by atoms with E-state index in [1.807, 2.05) is 0 Å². The number of ether oxygens (including phenoxy) is 1. The van der Waals surface area contributed by atoms with Crippen LogP contribution in [0.25, 0.3) is 5.57 Å². The zero-order chi connectivity index (χ0) is 12.0. The summed E-state index contributed by atoms with van der Waals surface area (Å²) in [5.41, 5.74) is 4.36. The molecule has 0 fully saturated rings. The molecule has 0 atom stereocenters. The molecule has 1 aromatic carbocycles. The molecule has 0 bridgehead atoms. The Bertz CT molecular complexity index is 543. The van der Waals surface area contributed by atoms with Gasteiger partial charge < -0.3 is 28.7 Å². The predicted octanol–water partition coefficient (Wildman–Crippen LogP) is 1.16. The van der Waals surface area contributed by atoms with E-state index >= 15 is 0 Å². The van der Waals surface area contributed by atoms with Crippen molar-refractivity contribution in [2.45, 2.75) is 12.8 Å². The molecule has 1 aliphatic heterocycles. The van der Waals surface area contributed by atoms with Gasteiger partial charge in [0.2, 0.25) is 0 Å². The summed E-state index contributed by atoms with van der Waals surface area (Å²) >= 11 is 0. The summed E-state index contributed by atoms with van der Waals surface area (Å²) in [6.07, 6.45) is 4.73. The minimum Gasteiger partial charge on any atom is -1.00 e. The third-order valence-corrected chi connectivity index (χ3v) is 6.60. The highest BCUT2D eigenvalue weighted by atomic mass is 127. The SMILES string of the molecule is COc1ccc2c(c1)CCC1=C2C=C[P+]1(C)C.[I-]. The lowest BCUT2D eigenvalue weighted by atomic mass is 9.90. The lowest BCUT2D eigenvalue weighted by Gasteiger charge is -2.21. The van der Waals surface area contributed by atoms with Crippen molar-refractivity contribution in [3.05, 3.63) is 46.5 Å². The van der Waals surface area contributed by atoms with Crippen molar-refractivity contribution in [2.24, 2.45) is 0 Å². The molecule has 1 nitrogen and oxygen atoms in total. The molecule has 96 valence electrons. The number of methoxy groups -OCH3 is 1. The zero-order valence-corrected chi connectivity index (χ0v) is 14.1. The van der Waals surface area contributed by atoms with Gasteiger partial charge >= 0.3 is 0 Å². The molecule has 0 N–H and O–H groups in total. The monoisotopic (exact) mass is 372 g/mol. The van der Waals surface area contributed by atoms with Gasteiger partial charge in [-0.1, -0.05) is 6.07 Å². The van der Waals surface area contributed by atoms with Gasteiger partial charge in [0.25, 0.3) is 0 Å². The Balaban J connectivity index is 0.00000120. The molecule has 1 aromatic rings. The maximum atomic E-state index is 5.31. The minimum atomic E-state index is -0.931. The number of hydrogen-bond acceptors (Lipinski definition) is 1. The molecule has 0 radical (unpaired) electrons. The molecule has 0 unspecified atom stereocenters. The van der Waals surface area contributed by atoms with E-state index in [0.29, 0.717) is 0 Å².